The number of imidazole rings is 1. The van der Waals surface area contributed by atoms with Gasteiger partial charge in [0.1, 0.15) is 5.58 Å². The number of pyridine rings is 1. The quantitative estimate of drug-likeness (QED) is 0.123. The second kappa shape index (κ2) is 17.7. The average molecular weight is 1040 g/mol. The van der Waals surface area contributed by atoms with Crippen LogP contribution in [0.5, 0.6) is 0 Å². The Morgan fingerprint density at radius 2 is 1.25 bits per heavy atom. The minimum absolute atomic E-state index is 0. The van der Waals surface area contributed by atoms with Gasteiger partial charge >= 0.3 is 0 Å². The fourth-order valence-electron chi connectivity index (χ4n) is 8.60. The molecule has 11 aromatic rings. The maximum atomic E-state index is 6.62. The molecule has 1 radical (unpaired) electrons. The number of aromatic nitrogens is 3. The van der Waals surface area contributed by atoms with Crippen LogP contribution in [-0.4, -0.2) is 22.6 Å². The van der Waals surface area contributed by atoms with Crippen LogP contribution < -0.4 is 5.19 Å². The summed E-state index contributed by atoms with van der Waals surface area (Å²) < 4.78 is 8.98. The first-order valence-corrected chi connectivity index (χ1v) is 25.5. The van der Waals surface area contributed by atoms with Crippen molar-refractivity contribution in [3.63, 3.8) is 0 Å². The van der Waals surface area contributed by atoms with Gasteiger partial charge in [-0.25, -0.2) is 0 Å². The van der Waals surface area contributed by atoms with Crippen molar-refractivity contribution in [2.45, 2.75) is 45.8 Å². The summed E-state index contributed by atoms with van der Waals surface area (Å²) in [5.41, 5.74) is 13.4. The van der Waals surface area contributed by atoms with Gasteiger partial charge in [-0.15, -0.1) is 54.1 Å². The predicted octanol–water partition coefficient (Wildman–Crippen LogP) is 15.3. The molecule has 0 unspecified atom stereocenters. The fourth-order valence-corrected chi connectivity index (χ4v) is 9.63. The molecular weight excluding hydrogens is 987 g/mol. The number of fused-ring (bicyclic) bond motifs is 6. The molecule has 65 heavy (non-hydrogen) atoms. The molecule has 0 atom stereocenters. The van der Waals surface area contributed by atoms with Crippen molar-refractivity contribution < 1.29 is 24.5 Å². The van der Waals surface area contributed by atoms with E-state index in [4.69, 9.17) is 9.40 Å². The Kier molecular flexibility index (Phi) is 11.9. The van der Waals surface area contributed by atoms with Crippen molar-refractivity contribution in [1.29, 1.82) is 0 Å². The minimum atomic E-state index is -1.23. The van der Waals surface area contributed by atoms with Gasteiger partial charge in [0, 0.05) is 48.2 Å². The number of hydrogen-bond donors (Lipinski definition) is 0. The first-order valence-electron chi connectivity index (χ1n) is 22.0. The largest absolute Gasteiger partial charge is 0.501 e. The van der Waals surface area contributed by atoms with Gasteiger partial charge in [-0.05, 0) is 62.6 Å². The molecule has 3 heterocycles. The summed E-state index contributed by atoms with van der Waals surface area (Å²) >= 11 is 0. The fraction of sp³-hybridized carbons (Fsp3) is 0.119. The van der Waals surface area contributed by atoms with Gasteiger partial charge in [0.05, 0.1) is 36.2 Å². The van der Waals surface area contributed by atoms with Crippen LogP contribution in [0.3, 0.4) is 0 Å². The number of furan rings is 1. The van der Waals surface area contributed by atoms with E-state index in [1.165, 1.54) is 10.8 Å². The van der Waals surface area contributed by atoms with Crippen molar-refractivity contribution in [1.82, 2.24) is 14.5 Å². The van der Waals surface area contributed by atoms with Gasteiger partial charge in [0.25, 0.3) is 0 Å². The van der Waals surface area contributed by atoms with Crippen molar-refractivity contribution in [2.75, 3.05) is 0 Å². The standard InChI is InChI=1S/C45H33N2O.C14H16NSi.Ir/c1-45(2,3)32-27-37(29-15-6-4-7-16-29)42(38(28-32)30-17-8-5-9-18-30)47-39-26-25-31-19-10-11-20-33(31)41(39)46-44(47)36-23-14-22-35-34-21-12-13-24-40(34)48-43(35)36;1-16(2,3)13-9-10-14(15-11-13)12-7-5-4-6-8-12;/h4-22,24-28H,1-3H3;4-7,9-11H,1-3H3;/q2*-1;. The molecule has 321 valence electrons. The van der Waals surface area contributed by atoms with Crippen molar-refractivity contribution in [3.05, 3.63) is 206 Å². The number of rotatable bonds is 6. The summed E-state index contributed by atoms with van der Waals surface area (Å²) in [6.07, 6.45) is 2.02. The molecule has 11 rings (SSSR count). The van der Waals surface area contributed by atoms with Crippen LogP contribution in [0.2, 0.25) is 19.6 Å². The summed E-state index contributed by atoms with van der Waals surface area (Å²) in [5, 5.41) is 5.80. The summed E-state index contributed by atoms with van der Waals surface area (Å²) in [6.45, 7) is 13.8. The van der Waals surface area contributed by atoms with Gasteiger partial charge in [-0.2, -0.15) is 0 Å². The van der Waals surface area contributed by atoms with Gasteiger partial charge in [-0.3, -0.25) is 4.98 Å². The van der Waals surface area contributed by atoms with Crippen molar-refractivity contribution >= 4 is 57.0 Å². The third kappa shape index (κ3) is 8.42. The molecule has 0 fully saturated rings. The molecule has 0 aliphatic rings. The van der Waals surface area contributed by atoms with Crippen LogP contribution in [0.4, 0.5) is 0 Å². The maximum Gasteiger partial charge on any atom is 0.120 e. The Bertz CT molecular complexity index is 3380. The van der Waals surface area contributed by atoms with E-state index >= 15 is 0 Å². The molecule has 6 heteroatoms. The number of benzene rings is 8. The van der Waals surface area contributed by atoms with Crippen molar-refractivity contribution in [2.24, 2.45) is 0 Å². The molecule has 0 saturated heterocycles. The van der Waals surface area contributed by atoms with E-state index in [2.05, 4.69) is 202 Å². The Labute approximate surface area is 396 Å². The van der Waals surface area contributed by atoms with E-state index < -0.39 is 8.07 Å². The van der Waals surface area contributed by atoms with E-state index in [-0.39, 0.29) is 25.5 Å². The molecule has 0 bridgehead atoms. The van der Waals surface area contributed by atoms with Gasteiger partial charge in [0.2, 0.25) is 0 Å². The Balaban J connectivity index is 0.000000266. The number of para-hydroxylation sites is 1. The molecule has 0 N–H and O–H groups in total. The number of hydrogen-bond acceptors (Lipinski definition) is 3. The topological polar surface area (TPSA) is 43.9 Å². The van der Waals surface area contributed by atoms with Crippen LogP contribution in [0.25, 0.3) is 94.3 Å². The summed E-state index contributed by atoms with van der Waals surface area (Å²) in [6, 6.07) is 70.5. The Morgan fingerprint density at radius 1 is 0.600 bits per heavy atom. The van der Waals surface area contributed by atoms with E-state index in [0.29, 0.717) is 0 Å². The molecule has 0 aliphatic carbocycles. The average Bonchev–Trinajstić information content (AvgIpc) is 3.91. The van der Waals surface area contributed by atoms with Gasteiger partial charge < -0.3 is 14.0 Å². The van der Waals surface area contributed by atoms with Crippen molar-refractivity contribution in [3.8, 4) is 50.6 Å². The Hall–Kier alpha value is -6.69. The predicted molar refractivity (Wildman–Crippen MR) is 271 cm³/mol. The van der Waals surface area contributed by atoms with E-state index in [1.807, 2.05) is 48.7 Å². The molecule has 4 nitrogen and oxygen atoms in total. The monoisotopic (exact) mass is 1040 g/mol. The van der Waals surface area contributed by atoms with Crippen LogP contribution in [0.15, 0.2) is 193 Å². The minimum Gasteiger partial charge on any atom is -0.501 e. The zero-order valence-electron chi connectivity index (χ0n) is 37.5. The third-order valence-corrected chi connectivity index (χ3v) is 14.1. The molecule has 0 amide bonds. The normalized spacial score (nSPS) is 11.7. The van der Waals surface area contributed by atoms with Gasteiger partial charge in [0.15, 0.2) is 0 Å². The second-order valence-corrected chi connectivity index (χ2v) is 23.6. The van der Waals surface area contributed by atoms with E-state index in [1.54, 1.807) is 0 Å². The molecule has 0 spiro atoms. The maximum absolute atomic E-state index is 6.62. The summed E-state index contributed by atoms with van der Waals surface area (Å²) in [5.74, 6) is 0.795. The summed E-state index contributed by atoms with van der Waals surface area (Å²) in [4.78, 5) is 10.0. The SMILES string of the molecule is CC(C)(C)c1cc(-c2ccccc2)c(-n2c(-c3[c-]ccc4c3oc3ccccc34)nc3c4ccccc4ccc32)c(-c2ccccc2)c1.C[Si](C)(C)c1ccc(-c2[c-]cccc2)nc1.[Ir]. The summed E-state index contributed by atoms with van der Waals surface area (Å²) in [7, 11) is -1.23. The van der Waals surface area contributed by atoms with Crippen LogP contribution in [0, 0.1) is 12.1 Å². The smallest absolute Gasteiger partial charge is 0.120 e. The van der Waals surface area contributed by atoms with E-state index in [9.17, 15) is 0 Å². The van der Waals surface area contributed by atoms with Gasteiger partial charge in [-0.1, -0.05) is 173 Å². The molecule has 0 aliphatic heterocycles. The third-order valence-electron chi connectivity index (χ3n) is 12.1. The molecule has 3 aromatic heterocycles. The second-order valence-electron chi connectivity index (χ2n) is 18.5. The number of nitrogens with zero attached hydrogens (tertiary/aromatic N) is 3. The first-order chi connectivity index (χ1) is 31.0. The van der Waals surface area contributed by atoms with Crippen LogP contribution in [0.1, 0.15) is 26.3 Å². The van der Waals surface area contributed by atoms with Crippen LogP contribution >= 0.6 is 0 Å². The first kappa shape index (κ1) is 43.6. The molecular formula is C59H49IrN3OSi-2. The Morgan fingerprint density at radius 3 is 1.88 bits per heavy atom. The zero-order valence-corrected chi connectivity index (χ0v) is 40.9. The molecule has 0 saturated carbocycles. The zero-order chi connectivity index (χ0) is 44.0. The van der Waals surface area contributed by atoms with E-state index in [0.717, 1.165) is 94.3 Å². The molecule has 8 aromatic carbocycles. The van der Waals surface area contributed by atoms with Crippen LogP contribution in [-0.2, 0) is 25.5 Å².